The largest absolute Gasteiger partial charge is 0.507 e. The Kier molecular flexibility index (Phi) is 9.49. The molecule has 0 fully saturated rings. The molecule has 0 aliphatic rings. The number of benzene rings is 3. The van der Waals surface area contributed by atoms with E-state index in [0.717, 1.165) is 17.7 Å². The van der Waals surface area contributed by atoms with Crippen molar-refractivity contribution in [3.63, 3.8) is 0 Å². The third kappa shape index (κ3) is 6.49. The number of carboxylic acids is 1. The lowest BCUT2D eigenvalue weighted by Gasteiger charge is -2.18. The van der Waals surface area contributed by atoms with Crippen molar-refractivity contribution in [2.45, 2.75) is 35.3 Å². The average Bonchev–Trinajstić information content (AvgIpc) is 2.77. The minimum Gasteiger partial charge on any atom is -0.507 e. The van der Waals surface area contributed by atoms with E-state index >= 15 is 0 Å². The Labute approximate surface area is 209 Å². The molecular formula is C24H25Cl2NO6S. The number of sulfone groups is 1. The van der Waals surface area contributed by atoms with Gasteiger partial charge in [0.05, 0.1) is 15.9 Å². The second-order valence-electron chi connectivity index (χ2n) is 7.69. The number of nitrogens with one attached hydrogen (secondary N) is 1. The number of aliphatic hydroxyl groups is 1. The number of carboxylic acid groups (broad SMARTS) is 1. The van der Waals surface area contributed by atoms with Gasteiger partial charge in [-0.1, -0.05) is 41.9 Å². The first-order chi connectivity index (χ1) is 15.6. The molecule has 2 atom stereocenters. The molecule has 0 spiro atoms. The topological polar surface area (TPSA) is 124 Å². The number of phenols is 1. The summed E-state index contributed by atoms with van der Waals surface area (Å²) in [6.45, 7) is 2.27. The monoisotopic (exact) mass is 525 g/mol. The van der Waals surface area contributed by atoms with Gasteiger partial charge in [0, 0.05) is 17.6 Å². The van der Waals surface area contributed by atoms with Crippen LogP contribution in [0.2, 0.25) is 5.02 Å². The van der Waals surface area contributed by atoms with Crippen molar-refractivity contribution in [1.29, 1.82) is 0 Å². The zero-order chi connectivity index (χ0) is 24.2. The van der Waals surface area contributed by atoms with Crippen LogP contribution in [0.4, 0.5) is 0 Å². The molecule has 182 valence electrons. The summed E-state index contributed by atoms with van der Waals surface area (Å²) in [4.78, 5) is 10.9. The summed E-state index contributed by atoms with van der Waals surface area (Å²) < 4.78 is 25.9. The molecule has 0 radical (unpaired) electrons. The number of halogens is 2. The summed E-state index contributed by atoms with van der Waals surface area (Å²) in [7, 11) is -4.14. The van der Waals surface area contributed by atoms with Gasteiger partial charge in [0.25, 0.3) is 0 Å². The fourth-order valence-corrected chi connectivity index (χ4v) is 5.13. The molecule has 0 saturated heterocycles. The lowest BCUT2D eigenvalue weighted by Crippen LogP contribution is -2.32. The quantitative estimate of drug-likeness (QED) is 0.329. The molecule has 7 nitrogen and oxygen atoms in total. The van der Waals surface area contributed by atoms with E-state index in [-0.39, 0.29) is 23.3 Å². The Morgan fingerprint density at radius 3 is 2.32 bits per heavy atom. The molecule has 34 heavy (non-hydrogen) atoms. The van der Waals surface area contributed by atoms with Gasteiger partial charge in [-0.05, 0) is 60.9 Å². The number of aliphatic hydroxyl groups excluding tert-OH is 1. The van der Waals surface area contributed by atoms with E-state index in [1.165, 1.54) is 18.2 Å². The number of aromatic hydroxyl groups is 1. The summed E-state index contributed by atoms with van der Waals surface area (Å²) >= 11 is 5.96. The predicted octanol–water partition coefficient (Wildman–Crippen LogP) is 4.25. The van der Waals surface area contributed by atoms with Crippen LogP contribution < -0.4 is 5.32 Å². The lowest BCUT2D eigenvalue weighted by atomic mass is 10.1. The molecule has 0 amide bonds. The van der Waals surface area contributed by atoms with Crippen molar-refractivity contribution in [2.24, 2.45) is 0 Å². The van der Waals surface area contributed by atoms with E-state index < -0.39 is 38.1 Å². The second-order valence-corrected chi connectivity index (χ2v) is 10.0. The number of aromatic carboxylic acids is 1. The van der Waals surface area contributed by atoms with E-state index in [1.54, 1.807) is 36.4 Å². The van der Waals surface area contributed by atoms with Gasteiger partial charge in [0.2, 0.25) is 9.84 Å². The maximum atomic E-state index is 13.0. The Hall–Kier alpha value is -2.62. The third-order valence-corrected chi connectivity index (χ3v) is 7.22. The molecule has 0 aromatic heterocycles. The highest BCUT2D eigenvalue weighted by Gasteiger charge is 2.27. The summed E-state index contributed by atoms with van der Waals surface area (Å²) in [6, 6.07) is 16.7. The van der Waals surface area contributed by atoms with Crippen LogP contribution in [0.5, 0.6) is 5.75 Å². The third-order valence-electron chi connectivity index (χ3n) is 5.18. The molecule has 0 bridgehead atoms. The lowest BCUT2D eigenvalue weighted by molar-refractivity contribution is 0.0689. The molecular weight excluding hydrogens is 501 g/mol. The van der Waals surface area contributed by atoms with E-state index in [0.29, 0.717) is 23.6 Å². The zero-order valence-corrected chi connectivity index (χ0v) is 20.6. The van der Waals surface area contributed by atoms with E-state index in [2.05, 4.69) is 5.32 Å². The highest BCUT2D eigenvalue weighted by Crippen LogP contribution is 2.30. The zero-order valence-electron chi connectivity index (χ0n) is 18.2. The summed E-state index contributed by atoms with van der Waals surface area (Å²) in [5.41, 5.74) is 0.919. The van der Waals surface area contributed by atoms with Crippen LogP contribution in [-0.4, -0.2) is 42.3 Å². The van der Waals surface area contributed by atoms with Gasteiger partial charge in [-0.25, -0.2) is 13.2 Å². The summed E-state index contributed by atoms with van der Waals surface area (Å²) in [5.74, 6) is -2.14. The minimum absolute atomic E-state index is 0. The van der Waals surface area contributed by atoms with Crippen LogP contribution >= 0.6 is 24.0 Å². The van der Waals surface area contributed by atoms with Crippen LogP contribution in [-0.2, 0) is 16.3 Å². The SMILES string of the molecule is C[C@H](Cc1ccc(S(=O)(=O)c2cccc(O)c2C(=O)O)cc1)NC[C@H](O)c1cccc(Cl)c1.Cl. The van der Waals surface area contributed by atoms with Gasteiger partial charge in [0.1, 0.15) is 11.3 Å². The van der Waals surface area contributed by atoms with Crippen LogP contribution in [0, 0.1) is 0 Å². The maximum absolute atomic E-state index is 13.0. The second kappa shape index (κ2) is 11.7. The molecule has 0 aliphatic heterocycles. The molecule has 0 aliphatic carbocycles. The molecule has 4 N–H and O–H groups in total. The molecule has 0 unspecified atom stereocenters. The molecule has 3 aromatic carbocycles. The van der Waals surface area contributed by atoms with Gasteiger partial charge in [-0.15, -0.1) is 12.4 Å². The first kappa shape index (κ1) is 27.6. The van der Waals surface area contributed by atoms with Crippen molar-refractivity contribution in [2.75, 3.05) is 6.54 Å². The summed E-state index contributed by atoms with van der Waals surface area (Å²) in [5, 5.41) is 33.3. The van der Waals surface area contributed by atoms with Crippen LogP contribution in [0.3, 0.4) is 0 Å². The molecule has 3 aromatic rings. The van der Waals surface area contributed by atoms with Crippen LogP contribution in [0.1, 0.15) is 34.5 Å². The van der Waals surface area contributed by atoms with Crippen molar-refractivity contribution >= 4 is 39.8 Å². The van der Waals surface area contributed by atoms with E-state index in [9.17, 15) is 28.5 Å². The highest BCUT2D eigenvalue weighted by molar-refractivity contribution is 7.91. The molecule has 10 heteroatoms. The Balaban J connectivity index is 0.00000408. The Morgan fingerprint density at radius 1 is 1.06 bits per heavy atom. The number of hydrogen-bond donors (Lipinski definition) is 4. The van der Waals surface area contributed by atoms with Crippen LogP contribution in [0.15, 0.2) is 76.5 Å². The standard InChI is InChI=1S/C24H24ClNO6S.ClH/c1-15(26-14-21(28)17-4-2-5-18(25)13-17)12-16-8-10-19(11-9-16)33(31,32)22-7-3-6-20(27)23(22)24(29)30;/h2-11,13,15,21,26-28H,12,14H2,1H3,(H,29,30);1H/t15-,21+;/m1./s1. The number of rotatable bonds is 9. The number of hydrogen-bond acceptors (Lipinski definition) is 6. The number of carbonyl (C=O) groups is 1. The van der Waals surface area contributed by atoms with E-state index in [1.807, 2.05) is 6.92 Å². The highest BCUT2D eigenvalue weighted by atomic mass is 35.5. The first-order valence-electron chi connectivity index (χ1n) is 10.2. The normalized spacial score (nSPS) is 13.0. The average molecular weight is 526 g/mol. The Bertz CT molecular complexity index is 1250. The van der Waals surface area contributed by atoms with Crippen molar-refractivity contribution < 1.29 is 28.5 Å². The van der Waals surface area contributed by atoms with Crippen molar-refractivity contribution in [1.82, 2.24) is 5.32 Å². The van der Waals surface area contributed by atoms with Crippen molar-refractivity contribution in [3.05, 3.63) is 88.4 Å². The van der Waals surface area contributed by atoms with Gasteiger partial charge < -0.3 is 20.6 Å². The fourth-order valence-electron chi connectivity index (χ4n) is 3.46. The molecule has 0 heterocycles. The fraction of sp³-hybridized carbons (Fsp3) is 0.208. The van der Waals surface area contributed by atoms with Gasteiger partial charge in [-0.2, -0.15) is 0 Å². The van der Waals surface area contributed by atoms with E-state index in [4.69, 9.17) is 11.6 Å². The molecule has 0 saturated carbocycles. The first-order valence-corrected chi connectivity index (χ1v) is 12.0. The van der Waals surface area contributed by atoms with Gasteiger partial charge in [0.15, 0.2) is 0 Å². The Morgan fingerprint density at radius 2 is 1.71 bits per heavy atom. The van der Waals surface area contributed by atoms with Crippen molar-refractivity contribution in [3.8, 4) is 5.75 Å². The summed E-state index contributed by atoms with van der Waals surface area (Å²) in [6.07, 6.45) is -0.140. The predicted molar refractivity (Wildman–Crippen MR) is 132 cm³/mol. The van der Waals surface area contributed by atoms with Gasteiger partial charge >= 0.3 is 5.97 Å². The van der Waals surface area contributed by atoms with Crippen LogP contribution in [0.25, 0.3) is 0 Å². The molecule has 3 rings (SSSR count). The van der Waals surface area contributed by atoms with Gasteiger partial charge in [-0.3, -0.25) is 0 Å². The minimum atomic E-state index is -4.14. The maximum Gasteiger partial charge on any atom is 0.340 e. The smallest absolute Gasteiger partial charge is 0.340 e.